The number of nitrogens with two attached hydrogens (primary N) is 1. The Kier molecular flexibility index (Phi) is 8.61. The van der Waals surface area contributed by atoms with Gasteiger partial charge in [-0.3, -0.25) is 14.6 Å². The molecule has 4 aromatic heterocycles. The number of benzene rings is 1. The number of imidazole rings is 1. The van der Waals surface area contributed by atoms with Crippen molar-refractivity contribution in [3.63, 3.8) is 0 Å². The van der Waals surface area contributed by atoms with Crippen LogP contribution in [0.5, 0.6) is 5.75 Å². The molecule has 2 bridgehead atoms. The molecule has 0 radical (unpaired) electrons. The summed E-state index contributed by atoms with van der Waals surface area (Å²) in [4.78, 5) is 43.1. The highest BCUT2D eigenvalue weighted by molar-refractivity contribution is 6.00. The fraction of sp³-hybridized carbons (Fsp3) is 0.417. The summed E-state index contributed by atoms with van der Waals surface area (Å²) >= 11 is 0. The van der Waals surface area contributed by atoms with Gasteiger partial charge in [0.05, 0.1) is 41.7 Å². The molecule has 0 spiro atoms. The Hall–Kier alpha value is -4.81. The summed E-state index contributed by atoms with van der Waals surface area (Å²) in [7, 11) is 5.24. The minimum Gasteiger partial charge on any atom is -0.494 e. The molecule has 0 saturated carbocycles. The predicted octanol–water partition coefficient (Wildman–Crippen LogP) is 4.40. The standard InChI is InChI=1S/C36H42N8O4/c1-21-27-10-9-23-17-29(44(33(23)40-27)14-7-5-6-8-22-11-13-38-19-25(22)35(45)39-21)34-41-28-16-24(18-31(48-4)32(28)42(34)2)36(46)43-15-12-30(47-3)26(37)20-43/h9-11,13,16-19,21,26,30H,5-8,12,14-15,20,37H2,1-4H3,(H,39,45)/t21-,26+,30-/m1/s1. The molecule has 12 nitrogen and oxygen atoms in total. The number of ether oxygens (including phenoxy) is 2. The van der Waals surface area contributed by atoms with Crippen molar-refractivity contribution in [2.45, 2.75) is 63.8 Å². The number of nitrogens with one attached hydrogen (secondary N) is 1. The number of rotatable bonds is 4. The second-order valence-corrected chi connectivity index (χ2v) is 12.9. The number of fused-ring (bicyclic) bond motifs is 3. The summed E-state index contributed by atoms with van der Waals surface area (Å²) in [5, 5.41) is 4.12. The highest BCUT2D eigenvalue weighted by atomic mass is 16.5. The quantitative estimate of drug-likeness (QED) is 0.292. The molecule has 6 heterocycles. The van der Waals surface area contributed by atoms with Gasteiger partial charge in [0.25, 0.3) is 11.8 Å². The molecule has 1 fully saturated rings. The van der Waals surface area contributed by atoms with Gasteiger partial charge in [-0.1, -0.05) is 6.42 Å². The average molecular weight is 651 g/mol. The highest BCUT2D eigenvalue weighted by Gasteiger charge is 2.31. The van der Waals surface area contributed by atoms with Crippen molar-refractivity contribution < 1.29 is 19.1 Å². The third kappa shape index (κ3) is 5.68. The first-order valence-corrected chi connectivity index (χ1v) is 16.6. The summed E-state index contributed by atoms with van der Waals surface area (Å²) < 4.78 is 15.6. The van der Waals surface area contributed by atoms with Crippen molar-refractivity contribution >= 4 is 33.9 Å². The molecule has 250 valence electrons. The Morgan fingerprint density at radius 2 is 1.92 bits per heavy atom. The largest absolute Gasteiger partial charge is 0.494 e. The van der Waals surface area contributed by atoms with Crippen LogP contribution < -0.4 is 15.8 Å². The van der Waals surface area contributed by atoms with E-state index in [9.17, 15) is 9.59 Å². The van der Waals surface area contributed by atoms with Crippen LogP contribution in [-0.2, 0) is 24.8 Å². The number of hydrogen-bond donors (Lipinski definition) is 2. The molecule has 7 rings (SSSR count). The molecule has 3 N–H and O–H groups in total. The third-order valence-corrected chi connectivity index (χ3v) is 9.85. The minimum absolute atomic E-state index is 0.0604. The van der Waals surface area contributed by atoms with E-state index in [0.29, 0.717) is 41.9 Å². The van der Waals surface area contributed by atoms with E-state index in [1.807, 2.05) is 36.7 Å². The third-order valence-electron chi connectivity index (χ3n) is 9.85. The van der Waals surface area contributed by atoms with Crippen LogP contribution in [0.25, 0.3) is 33.6 Å². The number of carbonyl (C=O) groups is 2. The Morgan fingerprint density at radius 1 is 1.06 bits per heavy atom. The van der Waals surface area contributed by atoms with Crippen LogP contribution in [0.4, 0.5) is 0 Å². The van der Waals surface area contributed by atoms with Gasteiger partial charge in [0, 0.05) is 63.2 Å². The molecular weight excluding hydrogens is 608 g/mol. The average Bonchev–Trinajstić information content (AvgIpc) is 3.63. The Balaban J connectivity index is 1.27. The van der Waals surface area contributed by atoms with Crippen LogP contribution in [0.2, 0.25) is 0 Å². The van der Waals surface area contributed by atoms with E-state index < -0.39 is 0 Å². The Labute approximate surface area is 279 Å². The van der Waals surface area contributed by atoms with E-state index in [2.05, 4.69) is 27.0 Å². The summed E-state index contributed by atoms with van der Waals surface area (Å²) in [6, 6.07) is 11.2. The second-order valence-electron chi connectivity index (χ2n) is 12.9. The number of pyridine rings is 2. The van der Waals surface area contributed by atoms with Crippen LogP contribution in [0.1, 0.15) is 70.6 Å². The molecule has 48 heavy (non-hydrogen) atoms. The molecular formula is C36H42N8O4. The number of hydrogen-bond acceptors (Lipinski definition) is 8. The number of nitrogens with zero attached hydrogens (tertiary/aromatic N) is 6. The van der Waals surface area contributed by atoms with Gasteiger partial charge in [0.2, 0.25) is 0 Å². The molecule has 0 unspecified atom stereocenters. The van der Waals surface area contributed by atoms with Gasteiger partial charge in [-0.25, -0.2) is 9.97 Å². The van der Waals surface area contributed by atoms with Gasteiger partial charge in [-0.15, -0.1) is 0 Å². The maximum Gasteiger partial charge on any atom is 0.254 e. The monoisotopic (exact) mass is 650 g/mol. The van der Waals surface area contributed by atoms with Crippen molar-refractivity contribution in [2.75, 3.05) is 27.3 Å². The molecule has 1 saturated heterocycles. The lowest BCUT2D eigenvalue weighted by Crippen LogP contribution is -2.53. The van der Waals surface area contributed by atoms with Crippen LogP contribution in [0.15, 0.2) is 48.8 Å². The van der Waals surface area contributed by atoms with Gasteiger partial charge in [-0.2, -0.15) is 0 Å². The number of likely N-dealkylation sites (tertiary alicyclic amines) is 1. The van der Waals surface area contributed by atoms with E-state index in [1.54, 1.807) is 37.6 Å². The van der Waals surface area contributed by atoms with Crippen LogP contribution >= 0.6 is 0 Å². The smallest absolute Gasteiger partial charge is 0.254 e. The van der Waals surface area contributed by atoms with Gasteiger partial charge in [-0.05, 0) is 74.6 Å². The summed E-state index contributed by atoms with van der Waals surface area (Å²) in [6.45, 7) is 3.69. The van der Waals surface area contributed by atoms with Gasteiger partial charge in [0.1, 0.15) is 16.9 Å². The zero-order chi connectivity index (χ0) is 33.5. The zero-order valence-corrected chi connectivity index (χ0v) is 27.9. The molecule has 12 heteroatoms. The van der Waals surface area contributed by atoms with Crippen LogP contribution in [0, 0.1) is 0 Å². The van der Waals surface area contributed by atoms with Crippen molar-refractivity contribution in [1.82, 2.24) is 34.3 Å². The summed E-state index contributed by atoms with van der Waals surface area (Å²) in [5.41, 5.74) is 12.5. The lowest BCUT2D eigenvalue weighted by molar-refractivity contribution is 0.0227. The summed E-state index contributed by atoms with van der Waals surface area (Å²) in [6.07, 6.45) is 7.69. The van der Waals surface area contributed by atoms with Gasteiger partial charge in [0.15, 0.2) is 5.82 Å². The molecule has 1 aromatic carbocycles. The van der Waals surface area contributed by atoms with Gasteiger partial charge < -0.3 is 34.6 Å². The lowest BCUT2D eigenvalue weighted by Gasteiger charge is -2.36. The van der Waals surface area contributed by atoms with Crippen LogP contribution in [-0.4, -0.2) is 80.3 Å². The number of methoxy groups -OCH3 is 2. The van der Waals surface area contributed by atoms with Crippen molar-refractivity contribution in [2.24, 2.45) is 12.8 Å². The number of aromatic nitrogens is 5. The molecule has 2 aliphatic heterocycles. The summed E-state index contributed by atoms with van der Waals surface area (Å²) in [5.74, 6) is 1.07. The normalized spacial score (nSPS) is 20.5. The van der Waals surface area contributed by atoms with E-state index in [1.165, 1.54) is 0 Å². The first kappa shape index (κ1) is 31.8. The SMILES string of the molecule is COc1cc(C(=O)N2CC[C@@H](OC)[C@@H](N)C2)cc2nc(-c3cc4ccc5nc4n3CCCCCc3ccncc3C(=O)N[C@@H]5C)n(C)c12. The first-order chi connectivity index (χ1) is 23.3. The van der Waals surface area contributed by atoms with E-state index >= 15 is 0 Å². The molecule has 5 aromatic rings. The first-order valence-electron chi connectivity index (χ1n) is 16.6. The maximum atomic E-state index is 13.7. The number of carbonyl (C=O) groups excluding carboxylic acids is 2. The van der Waals surface area contributed by atoms with Crippen molar-refractivity contribution in [3.8, 4) is 17.3 Å². The molecule has 0 aliphatic carbocycles. The van der Waals surface area contributed by atoms with E-state index in [0.717, 1.165) is 71.6 Å². The Morgan fingerprint density at radius 3 is 2.71 bits per heavy atom. The van der Waals surface area contributed by atoms with Crippen molar-refractivity contribution in [3.05, 3.63) is 71.2 Å². The predicted molar refractivity (Wildman–Crippen MR) is 183 cm³/mol. The number of amides is 2. The van der Waals surface area contributed by atoms with Crippen LogP contribution in [0.3, 0.4) is 0 Å². The fourth-order valence-electron chi connectivity index (χ4n) is 7.19. The molecule has 3 atom stereocenters. The maximum absolute atomic E-state index is 13.7. The lowest BCUT2D eigenvalue weighted by atomic mass is 10.0. The fourth-order valence-corrected chi connectivity index (χ4v) is 7.19. The minimum atomic E-state index is -0.310. The van der Waals surface area contributed by atoms with E-state index in [4.69, 9.17) is 25.2 Å². The second kappa shape index (κ2) is 13.0. The number of aryl methyl sites for hydroxylation is 3. The molecule has 2 aliphatic rings. The van der Waals surface area contributed by atoms with Crippen molar-refractivity contribution in [1.29, 1.82) is 0 Å². The van der Waals surface area contributed by atoms with E-state index in [-0.39, 0.29) is 30.0 Å². The van der Waals surface area contributed by atoms with Gasteiger partial charge >= 0.3 is 0 Å². The highest BCUT2D eigenvalue weighted by Crippen LogP contribution is 2.35. The molecule has 2 amide bonds. The number of piperidine rings is 1. The zero-order valence-electron chi connectivity index (χ0n) is 27.9. The Bertz CT molecular complexity index is 2020. The topological polar surface area (TPSA) is 142 Å².